The van der Waals surface area contributed by atoms with Gasteiger partial charge in [-0.25, -0.2) is 0 Å². The molecule has 0 amide bonds. The zero-order valence-electron chi connectivity index (χ0n) is 38.5. The van der Waals surface area contributed by atoms with Gasteiger partial charge in [0.25, 0.3) is 20.2 Å². The van der Waals surface area contributed by atoms with E-state index in [4.69, 9.17) is 24.4 Å². The number of nitrogens with zero attached hydrogens (tertiary/aromatic N) is 11. The largest absolute Gasteiger partial charge is 0.494 e. The van der Waals surface area contributed by atoms with Gasteiger partial charge in [-0.15, -0.1) is 20.5 Å². The third-order valence-corrected chi connectivity index (χ3v) is 14.7. The molecule has 0 aliphatic heterocycles. The minimum atomic E-state index is -4.49. The highest BCUT2D eigenvalue weighted by molar-refractivity contribution is 7.99. The number of unbranched alkanes of at least 4 members (excludes halogenated alkanes) is 1. The fourth-order valence-electron chi connectivity index (χ4n) is 6.99. The summed E-state index contributed by atoms with van der Waals surface area (Å²) in [5.74, 6) is 2.08. The van der Waals surface area contributed by atoms with E-state index in [9.17, 15) is 25.9 Å². The Bertz CT molecular complexity index is 3060. The Kier molecular flexibility index (Phi) is 16.2. The third-order valence-electron chi connectivity index (χ3n) is 10.6. The Morgan fingerprint density at radius 3 is 1.43 bits per heavy atom. The van der Waals surface area contributed by atoms with Crippen LogP contribution in [0.5, 0.6) is 11.5 Å². The number of methoxy groups -OCH3 is 2. The van der Waals surface area contributed by atoms with Crippen LogP contribution in [0.4, 0.5) is 56.0 Å². The van der Waals surface area contributed by atoms with Gasteiger partial charge in [-0.05, 0) is 106 Å². The summed E-state index contributed by atoms with van der Waals surface area (Å²) in [5, 5.41) is 26.7. The average molecular weight is 1040 g/mol. The second-order valence-corrected chi connectivity index (χ2v) is 20.2. The second-order valence-electron chi connectivity index (χ2n) is 14.8. The summed E-state index contributed by atoms with van der Waals surface area (Å²) >= 11 is 3.48. The molecule has 0 atom stereocenters. The number of benzene rings is 4. The maximum Gasteiger partial charge on any atom is 0.294 e. The van der Waals surface area contributed by atoms with Crippen molar-refractivity contribution in [3.05, 3.63) is 60.7 Å². The van der Waals surface area contributed by atoms with Crippen LogP contribution in [0.15, 0.2) is 96.1 Å². The Hall–Kier alpha value is -6.16. The lowest BCUT2D eigenvalue weighted by Gasteiger charge is -2.25. The first-order chi connectivity index (χ1) is 33.1. The number of anilines is 6. The van der Waals surface area contributed by atoms with E-state index in [0.29, 0.717) is 97.4 Å². The number of azo groups is 2. The highest BCUT2D eigenvalue weighted by Gasteiger charge is 2.21. The zero-order chi connectivity index (χ0) is 49.5. The van der Waals surface area contributed by atoms with E-state index in [1.165, 1.54) is 48.2 Å². The third kappa shape index (κ3) is 11.8. The number of rotatable bonds is 22. The Morgan fingerprint density at radius 2 is 1.06 bits per heavy atom. The van der Waals surface area contributed by atoms with Crippen molar-refractivity contribution in [3.8, 4) is 11.5 Å². The van der Waals surface area contributed by atoms with E-state index in [-0.39, 0.29) is 21.7 Å². The molecule has 0 unspecified atom stereocenters. The molecule has 0 aliphatic rings. The van der Waals surface area contributed by atoms with Gasteiger partial charge in [0, 0.05) is 54.8 Å². The molecule has 0 saturated heterocycles. The number of fused-ring (bicyclic) bond motifs is 2. The minimum absolute atomic E-state index is 0.158. The fourth-order valence-corrected chi connectivity index (χ4v) is 10.3. The molecule has 21 nitrogen and oxygen atoms in total. The van der Waals surface area contributed by atoms with E-state index in [0.717, 1.165) is 53.0 Å². The van der Waals surface area contributed by atoms with Crippen LogP contribution in [0.1, 0.15) is 47.5 Å². The highest BCUT2D eigenvalue weighted by Crippen LogP contribution is 2.44. The van der Waals surface area contributed by atoms with E-state index in [2.05, 4.69) is 56.6 Å². The second kappa shape index (κ2) is 22.1. The number of hydrogen-bond acceptors (Lipinski definition) is 22. The molecule has 0 radical (unpaired) electrons. The van der Waals surface area contributed by atoms with Crippen LogP contribution >= 0.6 is 34.8 Å². The first kappa shape index (κ1) is 50.7. The molecular weight excluding hydrogens is 987 g/mol. The van der Waals surface area contributed by atoms with Crippen LogP contribution in [-0.4, -0.2) is 95.8 Å². The molecule has 0 saturated carbocycles. The summed E-state index contributed by atoms with van der Waals surface area (Å²) in [6.07, 6.45) is 1.86. The van der Waals surface area contributed by atoms with Crippen molar-refractivity contribution in [2.24, 2.45) is 20.5 Å². The van der Waals surface area contributed by atoms with Crippen molar-refractivity contribution in [2.75, 3.05) is 66.6 Å². The van der Waals surface area contributed by atoms with Gasteiger partial charge in [0.1, 0.15) is 22.9 Å². The summed E-state index contributed by atoms with van der Waals surface area (Å²) in [6.45, 7) is 12.9. The number of ether oxygens (including phenoxy) is 2. The topological polar surface area (TPSA) is 272 Å². The molecule has 3 aromatic heterocycles. The summed E-state index contributed by atoms with van der Waals surface area (Å²) in [6, 6.07) is 15.3. The summed E-state index contributed by atoms with van der Waals surface area (Å²) in [7, 11) is -5.87. The summed E-state index contributed by atoms with van der Waals surface area (Å²) in [5.41, 5.74) is 4.02. The van der Waals surface area contributed by atoms with Gasteiger partial charge in [0.2, 0.25) is 11.9 Å². The smallest absolute Gasteiger partial charge is 0.294 e. The van der Waals surface area contributed by atoms with Crippen LogP contribution in [0, 0.1) is 0 Å². The van der Waals surface area contributed by atoms with E-state index >= 15 is 0 Å². The first-order valence-corrected chi connectivity index (χ1v) is 27.0. The fraction of sp³-hybridized carbons (Fsp3) is 0.326. The van der Waals surface area contributed by atoms with Crippen molar-refractivity contribution in [1.29, 1.82) is 0 Å². The van der Waals surface area contributed by atoms with E-state index in [1.807, 2.05) is 39.8 Å². The molecule has 0 spiro atoms. The number of thioether (sulfide) groups is 1. The normalized spacial score (nSPS) is 12.1. The molecule has 0 fully saturated rings. The molecule has 26 heteroatoms. The molecular formula is C43H49N13O8S5. The lowest BCUT2D eigenvalue weighted by Crippen LogP contribution is -2.22. The van der Waals surface area contributed by atoms with Crippen LogP contribution in [0.3, 0.4) is 0 Å². The van der Waals surface area contributed by atoms with Crippen LogP contribution in [0.25, 0.3) is 21.8 Å². The lowest BCUT2D eigenvalue weighted by molar-refractivity contribution is 0.414. The van der Waals surface area contributed by atoms with Crippen LogP contribution in [-0.2, 0) is 20.2 Å². The van der Waals surface area contributed by atoms with Crippen molar-refractivity contribution in [1.82, 2.24) is 23.7 Å². The molecule has 0 aliphatic carbocycles. The molecule has 4 N–H and O–H groups in total. The number of nitrogens with one attached hydrogen (secondary N) is 2. The van der Waals surface area contributed by atoms with Crippen molar-refractivity contribution < 1.29 is 35.4 Å². The summed E-state index contributed by atoms with van der Waals surface area (Å²) in [4.78, 5) is 18.1. The summed E-state index contributed by atoms with van der Waals surface area (Å²) < 4.78 is 87.9. The molecule has 7 aromatic rings. The quantitative estimate of drug-likeness (QED) is 0.0213. The van der Waals surface area contributed by atoms with Gasteiger partial charge in [-0.2, -0.15) is 40.5 Å². The van der Waals surface area contributed by atoms with Gasteiger partial charge >= 0.3 is 0 Å². The predicted octanol–water partition coefficient (Wildman–Crippen LogP) is 11.5. The Balaban J connectivity index is 1.34. The van der Waals surface area contributed by atoms with Gasteiger partial charge in [-0.3, -0.25) is 9.11 Å². The van der Waals surface area contributed by atoms with Crippen LogP contribution in [0.2, 0.25) is 0 Å². The standard InChI is InChI=1S/C43H49N13O8S5/c1-8-13-18-65-43-47-41(44-31-21-35(55(9-2)10-3)37(63-6)23-33(31)49-51-39-27-19-25(68(57,58)59)14-16-29(27)53-66-39)46-42(48-43)45-32-22-36(56(11-4)12-5)38(64-7)24-34(32)50-52-40-28-20-26(69(60,61)62)15-17-30(28)54-67-40/h14-17,19-24H,8-13,18H2,1-7H3,(H,57,58,59)(H,60,61,62)(H2,44,45,46,47,48)/b51-49+,52-50+. The highest BCUT2D eigenvalue weighted by atomic mass is 32.2. The van der Waals surface area contributed by atoms with Gasteiger partial charge in [0.05, 0.1) is 57.8 Å². The van der Waals surface area contributed by atoms with E-state index < -0.39 is 20.2 Å². The molecule has 3 heterocycles. The van der Waals surface area contributed by atoms with Crippen molar-refractivity contribution in [2.45, 2.75) is 62.4 Å². The molecule has 4 aromatic carbocycles. The Morgan fingerprint density at radius 1 is 0.623 bits per heavy atom. The lowest BCUT2D eigenvalue weighted by atomic mass is 10.2. The SMILES string of the molecule is CCCCSc1nc(Nc2cc(N(CC)CC)c(OC)cc2/N=N/c2snc3ccc(S(=O)(=O)O)cc23)nc(Nc2cc(N(CC)CC)c(OC)cc2/N=N/c2snc3ccc(S(=O)(=O)O)cc23)n1. The number of aromatic nitrogens is 5. The van der Waals surface area contributed by atoms with Gasteiger partial charge in [0.15, 0.2) is 15.2 Å². The molecule has 364 valence electrons. The van der Waals surface area contributed by atoms with Crippen LogP contribution < -0.4 is 29.9 Å². The maximum absolute atomic E-state index is 12.0. The predicted molar refractivity (Wildman–Crippen MR) is 272 cm³/mol. The molecule has 69 heavy (non-hydrogen) atoms. The molecule has 0 bridgehead atoms. The zero-order valence-corrected chi connectivity index (χ0v) is 42.6. The average Bonchev–Trinajstić information content (AvgIpc) is 3.94. The van der Waals surface area contributed by atoms with Crippen molar-refractivity contribution in [3.63, 3.8) is 0 Å². The number of hydrogen-bond donors (Lipinski definition) is 4. The molecule has 7 rings (SSSR count). The van der Waals surface area contributed by atoms with E-state index in [1.54, 1.807) is 26.4 Å². The maximum atomic E-state index is 12.0. The van der Waals surface area contributed by atoms with Gasteiger partial charge < -0.3 is 29.9 Å². The van der Waals surface area contributed by atoms with Crippen molar-refractivity contribution >= 4 is 133 Å². The minimum Gasteiger partial charge on any atom is -0.494 e. The monoisotopic (exact) mass is 1040 g/mol. The Labute approximate surface area is 411 Å². The first-order valence-electron chi connectivity index (χ1n) is 21.5. The van der Waals surface area contributed by atoms with Gasteiger partial charge in [-0.1, -0.05) is 25.1 Å².